The summed E-state index contributed by atoms with van der Waals surface area (Å²) in [6, 6.07) is 2.22. The Morgan fingerprint density at radius 1 is 0.806 bits per heavy atom. The van der Waals surface area contributed by atoms with Crippen LogP contribution in [-0.2, 0) is 0 Å². The molecule has 3 saturated heterocycles. The van der Waals surface area contributed by atoms with E-state index in [0.717, 1.165) is 23.9 Å². The lowest BCUT2D eigenvalue weighted by molar-refractivity contribution is 0.0793. The second-order valence-corrected chi connectivity index (χ2v) is 14.4. The van der Waals surface area contributed by atoms with Gasteiger partial charge in [0.05, 0.1) is 0 Å². The summed E-state index contributed by atoms with van der Waals surface area (Å²) in [6.07, 6.45) is 11.3. The van der Waals surface area contributed by atoms with E-state index in [1.54, 1.807) is 0 Å². The molecule has 180 valence electrons. The van der Waals surface area contributed by atoms with Gasteiger partial charge in [0.25, 0.3) is 0 Å². The van der Waals surface area contributed by atoms with Crippen molar-refractivity contribution >= 4 is 0 Å². The largest absolute Gasteiger partial charge is 0.311 e. The van der Waals surface area contributed by atoms with Crippen molar-refractivity contribution in [2.75, 3.05) is 32.7 Å². The lowest BCUT2D eigenvalue weighted by atomic mass is 9.73. The number of likely N-dealkylation sites (tertiary alicyclic amines) is 2. The highest BCUT2D eigenvalue weighted by molar-refractivity contribution is 4.98. The van der Waals surface area contributed by atoms with E-state index in [9.17, 15) is 0 Å². The van der Waals surface area contributed by atoms with Crippen molar-refractivity contribution in [1.29, 1.82) is 0 Å². The summed E-state index contributed by atoms with van der Waals surface area (Å²) >= 11 is 0. The zero-order chi connectivity index (χ0) is 22.4. The summed E-state index contributed by atoms with van der Waals surface area (Å²) < 4.78 is 0. The molecule has 31 heavy (non-hydrogen) atoms. The van der Waals surface area contributed by atoms with Gasteiger partial charge < -0.3 is 10.2 Å². The van der Waals surface area contributed by atoms with Gasteiger partial charge in [-0.3, -0.25) is 4.90 Å². The van der Waals surface area contributed by atoms with Crippen molar-refractivity contribution in [1.82, 2.24) is 15.1 Å². The van der Waals surface area contributed by atoms with Crippen molar-refractivity contribution in [3.63, 3.8) is 0 Å². The van der Waals surface area contributed by atoms with Crippen LogP contribution < -0.4 is 5.32 Å². The van der Waals surface area contributed by atoms with E-state index >= 15 is 0 Å². The molecule has 0 aromatic carbocycles. The van der Waals surface area contributed by atoms with E-state index in [0.29, 0.717) is 22.3 Å². The van der Waals surface area contributed by atoms with Crippen molar-refractivity contribution in [3.05, 3.63) is 0 Å². The smallest absolute Gasteiger partial charge is 0.0159 e. The van der Waals surface area contributed by atoms with E-state index in [1.165, 1.54) is 84.1 Å². The van der Waals surface area contributed by atoms with E-state index in [2.05, 4.69) is 63.6 Å². The fourth-order valence-electron chi connectivity index (χ4n) is 7.32. The monoisotopic (exact) mass is 431 g/mol. The van der Waals surface area contributed by atoms with Crippen molar-refractivity contribution in [3.8, 4) is 0 Å². The molecule has 4 unspecified atom stereocenters. The molecule has 0 bridgehead atoms. The first-order valence-electron chi connectivity index (χ1n) is 13.7. The summed E-state index contributed by atoms with van der Waals surface area (Å²) in [4.78, 5) is 5.70. The first-order valence-corrected chi connectivity index (χ1v) is 13.7. The minimum atomic E-state index is 0.391. The van der Waals surface area contributed by atoms with Crippen LogP contribution in [0, 0.1) is 28.1 Å². The SMILES string of the molecule is CC(C)(C)C1CCC(CC(C)(C)C2CCN(CC(C)(C)C3CCCN3CC3CC3)C2)N1. The standard InChI is InChI=1S/C28H53N3/c1-26(2,3)24-13-12-23(29-24)17-27(4,5)22-14-16-30(19-22)20-28(6,7)25-9-8-15-31(25)18-21-10-11-21/h21-25,29H,8-20H2,1-7H3. The fraction of sp³-hybridized carbons (Fsp3) is 1.00. The quantitative estimate of drug-likeness (QED) is 0.524. The molecule has 4 atom stereocenters. The zero-order valence-corrected chi connectivity index (χ0v) is 22.0. The van der Waals surface area contributed by atoms with Crippen LogP contribution in [0.3, 0.4) is 0 Å². The van der Waals surface area contributed by atoms with Crippen molar-refractivity contribution in [2.45, 2.75) is 118 Å². The van der Waals surface area contributed by atoms with E-state index in [4.69, 9.17) is 0 Å². The average molecular weight is 432 g/mol. The molecule has 0 amide bonds. The summed E-state index contributed by atoms with van der Waals surface area (Å²) in [5.41, 5.74) is 1.24. The molecule has 3 heteroatoms. The van der Waals surface area contributed by atoms with Crippen LogP contribution in [0.5, 0.6) is 0 Å². The van der Waals surface area contributed by atoms with Crippen LogP contribution >= 0.6 is 0 Å². The van der Waals surface area contributed by atoms with E-state index in [-0.39, 0.29) is 0 Å². The minimum absolute atomic E-state index is 0.391. The van der Waals surface area contributed by atoms with Gasteiger partial charge in [-0.25, -0.2) is 0 Å². The Balaban J connectivity index is 1.28. The van der Waals surface area contributed by atoms with Crippen molar-refractivity contribution < 1.29 is 0 Å². The number of rotatable bonds is 8. The average Bonchev–Trinajstić information content (AvgIpc) is 3.04. The maximum Gasteiger partial charge on any atom is 0.0159 e. The fourth-order valence-corrected chi connectivity index (χ4v) is 7.32. The van der Waals surface area contributed by atoms with Crippen LogP contribution in [0.2, 0.25) is 0 Å². The van der Waals surface area contributed by atoms with Crippen LogP contribution in [0.25, 0.3) is 0 Å². The Bertz CT molecular complexity index is 600. The lowest BCUT2D eigenvalue weighted by Crippen LogP contribution is -2.48. The summed E-state index contributed by atoms with van der Waals surface area (Å²) in [6.45, 7) is 24.1. The van der Waals surface area contributed by atoms with Gasteiger partial charge in [-0.2, -0.15) is 0 Å². The maximum absolute atomic E-state index is 4.00. The number of hydrogen-bond acceptors (Lipinski definition) is 3. The highest BCUT2D eigenvalue weighted by Gasteiger charge is 2.43. The van der Waals surface area contributed by atoms with Gasteiger partial charge in [0.2, 0.25) is 0 Å². The Kier molecular flexibility index (Phi) is 6.91. The third-order valence-corrected chi connectivity index (χ3v) is 9.52. The van der Waals surface area contributed by atoms with Crippen LogP contribution in [-0.4, -0.2) is 60.6 Å². The highest BCUT2D eigenvalue weighted by atomic mass is 15.2. The summed E-state index contributed by atoms with van der Waals surface area (Å²) in [5.74, 6) is 1.88. The lowest BCUT2D eigenvalue weighted by Gasteiger charge is -2.41. The Labute approximate surface area is 194 Å². The summed E-state index contributed by atoms with van der Waals surface area (Å²) in [7, 11) is 0. The van der Waals surface area contributed by atoms with Crippen molar-refractivity contribution in [2.24, 2.45) is 28.1 Å². The number of nitrogens with one attached hydrogen (secondary N) is 1. The van der Waals surface area contributed by atoms with Crippen LogP contribution in [0.4, 0.5) is 0 Å². The Morgan fingerprint density at radius 3 is 2.19 bits per heavy atom. The molecule has 3 aliphatic heterocycles. The second-order valence-electron chi connectivity index (χ2n) is 14.4. The minimum Gasteiger partial charge on any atom is -0.311 e. The number of hydrogen-bond donors (Lipinski definition) is 1. The first-order chi connectivity index (χ1) is 14.4. The predicted molar refractivity (Wildman–Crippen MR) is 133 cm³/mol. The molecular weight excluding hydrogens is 378 g/mol. The topological polar surface area (TPSA) is 18.5 Å². The molecule has 0 aromatic rings. The molecule has 4 fully saturated rings. The van der Waals surface area contributed by atoms with E-state index < -0.39 is 0 Å². The molecule has 4 aliphatic rings. The molecule has 4 rings (SSSR count). The molecule has 3 nitrogen and oxygen atoms in total. The predicted octanol–water partition coefficient (Wildman–Crippen LogP) is 5.79. The van der Waals surface area contributed by atoms with Gasteiger partial charge in [0.15, 0.2) is 0 Å². The molecule has 0 spiro atoms. The number of nitrogens with zero attached hydrogens (tertiary/aromatic N) is 2. The molecular formula is C28H53N3. The first kappa shape index (κ1) is 24.0. The highest BCUT2D eigenvalue weighted by Crippen LogP contribution is 2.43. The summed E-state index contributed by atoms with van der Waals surface area (Å²) in [5, 5.41) is 4.00. The molecule has 3 heterocycles. The Hall–Kier alpha value is -0.120. The van der Waals surface area contributed by atoms with Gasteiger partial charge in [-0.15, -0.1) is 0 Å². The van der Waals surface area contributed by atoms with Crippen LogP contribution in [0.15, 0.2) is 0 Å². The van der Waals surface area contributed by atoms with Gasteiger partial charge in [-0.05, 0) is 92.5 Å². The molecule has 1 saturated carbocycles. The Morgan fingerprint density at radius 2 is 1.55 bits per heavy atom. The maximum atomic E-state index is 4.00. The van der Waals surface area contributed by atoms with Gasteiger partial charge in [0.1, 0.15) is 0 Å². The van der Waals surface area contributed by atoms with Gasteiger partial charge >= 0.3 is 0 Å². The molecule has 1 aliphatic carbocycles. The van der Waals surface area contributed by atoms with Gasteiger partial charge in [0, 0.05) is 37.8 Å². The molecule has 1 N–H and O–H groups in total. The normalized spacial score (nSPS) is 34.2. The van der Waals surface area contributed by atoms with Crippen LogP contribution in [0.1, 0.15) is 99.8 Å². The third-order valence-electron chi connectivity index (χ3n) is 9.52. The molecule has 0 radical (unpaired) electrons. The molecule has 0 aromatic heterocycles. The zero-order valence-electron chi connectivity index (χ0n) is 22.0. The van der Waals surface area contributed by atoms with Gasteiger partial charge in [-0.1, -0.05) is 48.5 Å². The third kappa shape index (κ3) is 5.87. The van der Waals surface area contributed by atoms with E-state index in [1.807, 2.05) is 0 Å². The second kappa shape index (κ2) is 8.91.